The van der Waals surface area contributed by atoms with Gasteiger partial charge in [-0.2, -0.15) is 5.10 Å². The number of furan rings is 1. The van der Waals surface area contributed by atoms with Crippen LogP contribution in [0.15, 0.2) is 35.1 Å². The summed E-state index contributed by atoms with van der Waals surface area (Å²) in [6.07, 6.45) is 6.56. The molecule has 0 aromatic carbocycles. The van der Waals surface area contributed by atoms with Gasteiger partial charge in [-0.3, -0.25) is 4.79 Å². The number of carbonyl (C=O) groups is 1. The first-order valence-corrected chi connectivity index (χ1v) is 10.1. The van der Waals surface area contributed by atoms with E-state index >= 15 is 0 Å². The van der Waals surface area contributed by atoms with Gasteiger partial charge >= 0.3 is 0 Å². The van der Waals surface area contributed by atoms with Crippen LogP contribution in [0, 0.1) is 0 Å². The topological polar surface area (TPSA) is 76.2 Å². The van der Waals surface area contributed by atoms with Crippen molar-refractivity contribution in [1.29, 1.82) is 0 Å². The zero-order valence-corrected chi connectivity index (χ0v) is 16.3. The molecule has 3 aromatic heterocycles. The van der Waals surface area contributed by atoms with Gasteiger partial charge in [-0.05, 0) is 57.9 Å². The molecule has 1 N–H and O–H groups in total. The second kappa shape index (κ2) is 6.74. The summed E-state index contributed by atoms with van der Waals surface area (Å²) in [7, 11) is 0. The molecule has 5 heterocycles. The quantitative estimate of drug-likeness (QED) is 0.756. The highest BCUT2D eigenvalue weighted by atomic mass is 16.3. The SMILES string of the molecule is CC(C)n1ncc2c(C(=O)N3C4CCNCC3CC4)cc(-c3ccco3)nc21. The summed E-state index contributed by atoms with van der Waals surface area (Å²) in [6.45, 7) is 5.97. The summed E-state index contributed by atoms with van der Waals surface area (Å²) >= 11 is 0. The van der Waals surface area contributed by atoms with Crippen LogP contribution in [0.1, 0.15) is 49.5 Å². The fourth-order valence-electron chi connectivity index (χ4n) is 4.58. The number of hydrogen-bond donors (Lipinski definition) is 1. The number of nitrogens with one attached hydrogen (secondary N) is 1. The van der Waals surface area contributed by atoms with Crippen LogP contribution in [0.4, 0.5) is 0 Å². The van der Waals surface area contributed by atoms with Crippen molar-refractivity contribution in [2.45, 2.75) is 51.2 Å². The van der Waals surface area contributed by atoms with Gasteiger partial charge in [0.05, 0.1) is 23.4 Å². The highest BCUT2D eigenvalue weighted by Gasteiger charge is 2.39. The lowest BCUT2D eigenvalue weighted by atomic mass is 10.1. The molecule has 5 rings (SSSR count). The van der Waals surface area contributed by atoms with E-state index in [1.807, 2.05) is 22.9 Å². The van der Waals surface area contributed by atoms with Crippen LogP contribution in [-0.4, -0.2) is 50.7 Å². The van der Waals surface area contributed by atoms with Gasteiger partial charge in [-0.25, -0.2) is 9.67 Å². The predicted octanol–water partition coefficient (Wildman–Crippen LogP) is 3.24. The van der Waals surface area contributed by atoms with Crippen LogP contribution in [0.3, 0.4) is 0 Å². The number of rotatable bonds is 3. The van der Waals surface area contributed by atoms with Crippen molar-refractivity contribution in [1.82, 2.24) is 25.0 Å². The van der Waals surface area contributed by atoms with Crippen LogP contribution in [-0.2, 0) is 0 Å². The minimum atomic E-state index is 0.0831. The average molecular weight is 379 g/mol. The molecule has 2 aliphatic heterocycles. The normalized spacial score (nSPS) is 22.2. The van der Waals surface area contributed by atoms with Gasteiger partial charge in [0.25, 0.3) is 5.91 Å². The van der Waals surface area contributed by atoms with Gasteiger partial charge in [0, 0.05) is 24.7 Å². The van der Waals surface area contributed by atoms with Crippen LogP contribution in [0.2, 0.25) is 0 Å². The van der Waals surface area contributed by atoms with Gasteiger partial charge < -0.3 is 14.6 Å². The van der Waals surface area contributed by atoms with Crippen molar-refractivity contribution in [2.24, 2.45) is 0 Å². The monoisotopic (exact) mass is 379 g/mol. The van der Waals surface area contributed by atoms with E-state index in [-0.39, 0.29) is 18.0 Å². The van der Waals surface area contributed by atoms with E-state index in [0.29, 0.717) is 23.1 Å². The van der Waals surface area contributed by atoms with Gasteiger partial charge in [-0.15, -0.1) is 0 Å². The molecule has 2 atom stereocenters. The molecule has 2 aliphatic rings. The standard InChI is InChI=1S/C21H25N5O2/c1-13(2)26-20-17(12-23-26)16(10-18(24-20)19-4-3-9-28-19)21(27)25-14-5-6-15(25)11-22-8-7-14/h3-4,9-10,12-15,22H,5-8,11H2,1-2H3. The molecule has 28 heavy (non-hydrogen) atoms. The Bertz CT molecular complexity index is 993. The van der Waals surface area contributed by atoms with Crippen molar-refractivity contribution in [3.8, 4) is 11.5 Å². The molecule has 2 bridgehead atoms. The molecule has 1 amide bonds. The number of amides is 1. The third-order valence-corrected chi connectivity index (χ3v) is 5.95. The van der Waals surface area contributed by atoms with E-state index in [1.54, 1.807) is 12.5 Å². The molecule has 2 fully saturated rings. The highest BCUT2D eigenvalue weighted by molar-refractivity contribution is 6.06. The highest BCUT2D eigenvalue weighted by Crippen LogP contribution is 2.33. The van der Waals surface area contributed by atoms with Gasteiger partial charge in [0.15, 0.2) is 11.4 Å². The lowest BCUT2D eigenvalue weighted by molar-refractivity contribution is 0.0682. The Hall–Kier alpha value is -2.67. The fraction of sp³-hybridized carbons (Fsp3) is 0.476. The summed E-state index contributed by atoms with van der Waals surface area (Å²) in [4.78, 5) is 20.6. The second-order valence-electron chi connectivity index (χ2n) is 8.04. The molecule has 0 spiro atoms. The Kier molecular flexibility index (Phi) is 4.19. The van der Waals surface area contributed by atoms with Crippen molar-refractivity contribution in [3.05, 3.63) is 36.2 Å². The summed E-state index contributed by atoms with van der Waals surface area (Å²) in [5.41, 5.74) is 2.07. The van der Waals surface area contributed by atoms with Crippen LogP contribution >= 0.6 is 0 Å². The van der Waals surface area contributed by atoms with Crippen LogP contribution in [0.25, 0.3) is 22.5 Å². The maximum Gasteiger partial charge on any atom is 0.255 e. The Morgan fingerprint density at radius 1 is 1.29 bits per heavy atom. The number of hydrogen-bond acceptors (Lipinski definition) is 5. The second-order valence-corrected chi connectivity index (χ2v) is 8.04. The van der Waals surface area contributed by atoms with Crippen LogP contribution < -0.4 is 5.32 Å². The molecular weight excluding hydrogens is 354 g/mol. The molecule has 3 aromatic rings. The summed E-state index contributed by atoms with van der Waals surface area (Å²) in [5.74, 6) is 0.743. The predicted molar refractivity (Wildman–Crippen MR) is 106 cm³/mol. The average Bonchev–Trinajstić information content (AvgIpc) is 3.38. The summed E-state index contributed by atoms with van der Waals surface area (Å²) in [5, 5.41) is 8.80. The van der Waals surface area contributed by atoms with E-state index in [1.165, 1.54) is 0 Å². The molecule has 2 unspecified atom stereocenters. The van der Waals surface area contributed by atoms with Gasteiger partial charge in [-0.1, -0.05) is 0 Å². The Morgan fingerprint density at radius 3 is 2.93 bits per heavy atom. The van der Waals surface area contributed by atoms with Crippen LogP contribution in [0.5, 0.6) is 0 Å². The van der Waals surface area contributed by atoms with Crippen molar-refractivity contribution < 1.29 is 9.21 Å². The minimum Gasteiger partial charge on any atom is -0.463 e. The zero-order chi connectivity index (χ0) is 19.3. The lowest BCUT2D eigenvalue weighted by Crippen LogP contribution is -2.42. The fourth-order valence-corrected chi connectivity index (χ4v) is 4.58. The molecule has 2 saturated heterocycles. The Labute approximate surface area is 163 Å². The van der Waals surface area contributed by atoms with E-state index < -0.39 is 0 Å². The van der Waals surface area contributed by atoms with E-state index in [4.69, 9.17) is 9.40 Å². The Balaban J connectivity index is 1.66. The third-order valence-electron chi connectivity index (χ3n) is 5.95. The third kappa shape index (κ3) is 2.73. The number of fused-ring (bicyclic) bond motifs is 3. The molecule has 7 heteroatoms. The number of aromatic nitrogens is 3. The number of pyridine rings is 1. The van der Waals surface area contributed by atoms with Crippen molar-refractivity contribution in [2.75, 3.05) is 13.1 Å². The lowest BCUT2D eigenvalue weighted by Gasteiger charge is -2.28. The minimum absolute atomic E-state index is 0.0831. The Morgan fingerprint density at radius 2 is 2.14 bits per heavy atom. The number of carbonyl (C=O) groups excluding carboxylic acids is 1. The molecule has 0 saturated carbocycles. The molecule has 0 radical (unpaired) electrons. The maximum absolute atomic E-state index is 13.7. The van der Waals surface area contributed by atoms with Gasteiger partial charge in [0.1, 0.15) is 5.69 Å². The first-order chi connectivity index (χ1) is 13.6. The smallest absolute Gasteiger partial charge is 0.255 e. The zero-order valence-electron chi connectivity index (χ0n) is 16.3. The van der Waals surface area contributed by atoms with Crippen molar-refractivity contribution >= 4 is 16.9 Å². The van der Waals surface area contributed by atoms with E-state index in [9.17, 15) is 4.79 Å². The number of nitrogens with zero attached hydrogens (tertiary/aromatic N) is 4. The molecule has 0 aliphatic carbocycles. The summed E-state index contributed by atoms with van der Waals surface area (Å²) in [6, 6.07) is 6.30. The van der Waals surface area contributed by atoms with Gasteiger partial charge in [0.2, 0.25) is 0 Å². The van der Waals surface area contributed by atoms with Crippen molar-refractivity contribution in [3.63, 3.8) is 0 Å². The molecule has 146 valence electrons. The maximum atomic E-state index is 13.7. The van der Waals surface area contributed by atoms with E-state index in [2.05, 4.69) is 29.2 Å². The van der Waals surface area contributed by atoms with E-state index in [0.717, 1.165) is 43.4 Å². The first kappa shape index (κ1) is 17.4. The summed E-state index contributed by atoms with van der Waals surface area (Å²) < 4.78 is 7.45. The molecule has 7 nitrogen and oxygen atoms in total. The molecular formula is C21H25N5O2. The largest absolute Gasteiger partial charge is 0.463 e. The first-order valence-electron chi connectivity index (χ1n) is 10.1.